The lowest BCUT2D eigenvalue weighted by molar-refractivity contribution is 0.483. The van der Waals surface area contributed by atoms with Crippen LogP contribution in [-0.4, -0.2) is 4.98 Å². The Balaban J connectivity index is 0.00000120. The number of hydrogen-bond donors (Lipinski definition) is 2. The van der Waals surface area contributed by atoms with E-state index in [0.29, 0.717) is 0 Å². The highest BCUT2D eigenvalue weighted by Crippen LogP contribution is 2.14. The van der Waals surface area contributed by atoms with E-state index in [-0.39, 0.29) is 12.4 Å². The van der Waals surface area contributed by atoms with Crippen molar-refractivity contribution in [3.63, 3.8) is 0 Å². The molecular formula is C14H15ClN2O. The second-order valence-corrected chi connectivity index (χ2v) is 4.08. The van der Waals surface area contributed by atoms with Gasteiger partial charge in [0.1, 0.15) is 5.76 Å². The Morgan fingerprint density at radius 1 is 1.11 bits per heavy atom. The molecule has 1 aromatic carbocycles. The number of benzene rings is 1. The minimum Gasteiger partial charge on any atom is -0.468 e. The van der Waals surface area contributed by atoms with Crippen molar-refractivity contribution in [1.82, 2.24) is 10.3 Å². The summed E-state index contributed by atoms with van der Waals surface area (Å²) in [6, 6.07) is 12.4. The quantitative estimate of drug-likeness (QED) is 0.756. The lowest BCUT2D eigenvalue weighted by atomic mass is 10.1. The van der Waals surface area contributed by atoms with Crippen molar-refractivity contribution in [3.05, 3.63) is 60.2 Å². The Hall–Kier alpha value is -1.71. The standard InChI is InChI=1S/C14H14N2O.ClH/c1-2-13(17-7-1)10-15-9-11-3-4-14-12(8-11)5-6-16-14;/h1-8,15-16H,9-10H2;1H. The molecule has 0 bridgehead atoms. The van der Waals surface area contributed by atoms with E-state index in [1.165, 1.54) is 16.5 Å². The number of H-pyrrole nitrogens is 1. The van der Waals surface area contributed by atoms with Gasteiger partial charge in [-0.3, -0.25) is 0 Å². The summed E-state index contributed by atoms with van der Waals surface area (Å²) in [5.41, 5.74) is 2.46. The molecule has 0 atom stereocenters. The summed E-state index contributed by atoms with van der Waals surface area (Å²) < 4.78 is 5.26. The topological polar surface area (TPSA) is 41.0 Å². The Bertz CT molecular complexity index is 601. The maximum Gasteiger partial charge on any atom is 0.117 e. The second kappa shape index (κ2) is 5.76. The molecule has 3 nitrogen and oxygen atoms in total. The molecule has 0 aliphatic heterocycles. The van der Waals surface area contributed by atoms with Crippen LogP contribution < -0.4 is 5.32 Å². The predicted molar refractivity (Wildman–Crippen MR) is 74.8 cm³/mol. The summed E-state index contributed by atoms with van der Waals surface area (Å²) in [4.78, 5) is 3.19. The third-order valence-electron chi connectivity index (χ3n) is 2.83. The zero-order chi connectivity index (χ0) is 11.5. The van der Waals surface area contributed by atoms with Gasteiger partial charge < -0.3 is 14.7 Å². The number of aromatic amines is 1. The molecule has 0 unspecified atom stereocenters. The number of aromatic nitrogens is 1. The SMILES string of the molecule is Cl.c1coc(CNCc2ccc3[nH]ccc3c2)c1. The molecule has 0 amide bonds. The summed E-state index contributed by atoms with van der Waals surface area (Å²) in [5, 5.41) is 4.61. The maximum atomic E-state index is 5.26. The lowest BCUT2D eigenvalue weighted by Crippen LogP contribution is -2.11. The van der Waals surface area contributed by atoms with Gasteiger partial charge in [-0.15, -0.1) is 12.4 Å². The van der Waals surface area contributed by atoms with Gasteiger partial charge in [0, 0.05) is 18.3 Å². The van der Waals surface area contributed by atoms with Crippen LogP contribution in [-0.2, 0) is 13.1 Å². The predicted octanol–water partition coefficient (Wildman–Crippen LogP) is 3.47. The van der Waals surface area contributed by atoms with Gasteiger partial charge in [0.15, 0.2) is 0 Å². The Morgan fingerprint density at radius 3 is 2.89 bits per heavy atom. The number of hydrogen-bond acceptors (Lipinski definition) is 2. The van der Waals surface area contributed by atoms with Crippen molar-refractivity contribution >= 4 is 23.3 Å². The molecule has 0 aliphatic rings. The van der Waals surface area contributed by atoms with Gasteiger partial charge >= 0.3 is 0 Å². The van der Waals surface area contributed by atoms with E-state index >= 15 is 0 Å². The summed E-state index contributed by atoms with van der Waals surface area (Å²) in [5.74, 6) is 0.965. The van der Waals surface area contributed by atoms with Crippen LogP contribution in [0.25, 0.3) is 10.9 Å². The maximum absolute atomic E-state index is 5.26. The third kappa shape index (κ3) is 2.75. The highest BCUT2D eigenvalue weighted by molar-refractivity contribution is 5.85. The van der Waals surface area contributed by atoms with Gasteiger partial charge in [-0.1, -0.05) is 6.07 Å². The molecule has 3 rings (SSSR count). The number of nitrogens with one attached hydrogen (secondary N) is 2. The van der Waals surface area contributed by atoms with Gasteiger partial charge in [0.2, 0.25) is 0 Å². The summed E-state index contributed by atoms with van der Waals surface area (Å²) >= 11 is 0. The molecule has 4 heteroatoms. The Kier molecular flexibility index (Phi) is 4.07. The molecule has 3 aromatic rings. The monoisotopic (exact) mass is 262 g/mol. The normalized spacial score (nSPS) is 10.4. The fraction of sp³-hybridized carbons (Fsp3) is 0.143. The Morgan fingerprint density at radius 2 is 2.06 bits per heavy atom. The van der Waals surface area contributed by atoms with Gasteiger partial charge in [-0.25, -0.2) is 0 Å². The van der Waals surface area contributed by atoms with Crippen LogP contribution in [0.3, 0.4) is 0 Å². The Labute approximate surface area is 112 Å². The van der Waals surface area contributed by atoms with E-state index < -0.39 is 0 Å². The molecule has 0 saturated carbocycles. The molecule has 0 radical (unpaired) electrons. The van der Waals surface area contributed by atoms with Gasteiger partial charge in [0.25, 0.3) is 0 Å². The van der Waals surface area contributed by atoms with Gasteiger partial charge in [0.05, 0.1) is 12.8 Å². The highest BCUT2D eigenvalue weighted by atomic mass is 35.5. The smallest absolute Gasteiger partial charge is 0.117 e. The van der Waals surface area contributed by atoms with Crippen LogP contribution in [0.5, 0.6) is 0 Å². The zero-order valence-electron chi connectivity index (χ0n) is 9.85. The molecule has 2 N–H and O–H groups in total. The fourth-order valence-electron chi connectivity index (χ4n) is 1.96. The van der Waals surface area contributed by atoms with Crippen molar-refractivity contribution in [2.75, 3.05) is 0 Å². The van der Waals surface area contributed by atoms with E-state index in [4.69, 9.17) is 4.42 Å². The van der Waals surface area contributed by atoms with Crippen LogP contribution in [0.15, 0.2) is 53.3 Å². The third-order valence-corrected chi connectivity index (χ3v) is 2.83. The van der Waals surface area contributed by atoms with E-state index in [1.807, 2.05) is 18.3 Å². The number of furan rings is 1. The van der Waals surface area contributed by atoms with E-state index in [0.717, 1.165) is 18.8 Å². The van der Waals surface area contributed by atoms with Crippen molar-refractivity contribution in [3.8, 4) is 0 Å². The minimum atomic E-state index is 0. The molecule has 18 heavy (non-hydrogen) atoms. The molecule has 0 aliphatic carbocycles. The van der Waals surface area contributed by atoms with Gasteiger partial charge in [-0.05, 0) is 41.3 Å². The van der Waals surface area contributed by atoms with Crippen LogP contribution in [0.1, 0.15) is 11.3 Å². The summed E-state index contributed by atoms with van der Waals surface area (Å²) in [6.07, 6.45) is 3.66. The molecule has 0 saturated heterocycles. The number of rotatable bonds is 4. The first-order valence-electron chi connectivity index (χ1n) is 5.71. The van der Waals surface area contributed by atoms with E-state index in [1.54, 1.807) is 6.26 Å². The van der Waals surface area contributed by atoms with Gasteiger partial charge in [-0.2, -0.15) is 0 Å². The number of halogens is 1. The number of fused-ring (bicyclic) bond motifs is 1. The lowest BCUT2D eigenvalue weighted by Gasteiger charge is -2.03. The van der Waals surface area contributed by atoms with Crippen LogP contribution in [0, 0.1) is 0 Å². The largest absolute Gasteiger partial charge is 0.468 e. The zero-order valence-corrected chi connectivity index (χ0v) is 10.7. The second-order valence-electron chi connectivity index (χ2n) is 4.08. The molecule has 2 heterocycles. The van der Waals surface area contributed by atoms with E-state index in [2.05, 4.69) is 34.6 Å². The first kappa shape index (κ1) is 12.7. The molecule has 0 spiro atoms. The fourth-order valence-corrected chi connectivity index (χ4v) is 1.96. The molecule has 2 aromatic heterocycles. The van der Waals surface area contributed by atoms with Crippen molar-refractivity contribution in [1.29, 1.82) is 0 Å². The first-order chi connectivity index (χ1) is 8.42. The van der Waals surface area contributed by atoms with Crippen LogP contribution >= 0.6 is 12.4 Å². The minimum absolute atomic E-state index is 0. The average Bonchev–Trinajstić information content (AvgIpc) is 2.98. The van der Waals surface area contributed by atoms with Crippen molar-refractivity contribution < 1.29 is 4.42 Å². The summed E-state index contributed by atoms with van der Waals surface area (Å²) in [7, 11) is 0. The molecule has 94 valence electrons. The molecular weight excluding hydrogens is 248 g/mol. The van der Waals surface area contributed by atoms with Crippen LogP contribution in [0.2, 0.25) is 0 Å². The van der Waals surface area contributed by atoms with Crippen molar-refractivity contribution in [2.45, 2.75) is 13.1 Å². The van der Waals surface area contributed by atoms with E-state index in [9.17, 15) is 0 Å². The van der Waals surface area contributed by atoms with Crippen molar-refractivity contribution in [2.24, 2.45) is 0 Å². The average molecular weight is 263 g/mol. The summed E-state index contributed by atoms with van der Waals surface area (Å²) in [6.45, 7) is 1.61. The highest BCUT2D eigenvalue weighted by Gasteiger charge is 1.98. The first-order valence-corrected chi connectivity index (χ1v) is 5.71. The molecule has 0 fully saturated rings. The van der Waals surface area contributed by atoms with Crippen LogP contribution in [0.4, 0.5) is 0 Å².